The third-order valence-corrected chi connectivity index (χ3v) is 10.9. The van der Waals surface area contributed by atoms with E-state index in [2.05, 4.69) is 26.1 Å². The Labute approximate surface area is 220 Å². The third kappa shape index (κ3) is 6.04. The first-order valence-corrected chi connectivity index (χ1v) is 15.6. The fraction of sp³-hybridized carbons (Fsp3) is 0.875. The van der Waals surface area contributed by atoms with Crippen LogP contribution in [0.15, 0.2) is 11.6 Å². The van der Waals surface area contributed by atoms with Gasteiger partial charge < -0.3 is 10.1 Å². The van der Waals surface area contributed by atoms with E-state index in [1.54, 1.807) is 0 Å². The van der Waals surface area contributed by atoms with Crippen LogP contribution in [0.2, 0.25) is 0 Å². The second-order valence-corrected chi connectivity index (χ2v) is 13.1. The molecule has 4 heteroatoms. The predicted octanol–water partition coefficient (Wildman–Crippen LogP) is 8.53. The molecule has 0 radical (unpaired) electrons. The Morgan fingerprint density at radius 3 is 2.31 bits per heavy atom. The maximum Gasteiger partial charge on any atom is 0.407 e. The molecule has 3 saturated carbocycles. The molecule has 6 unspecified atom stereocenters. The molecule has 6 atom stereocenters. The van der Waals surface area contributed by atoms with Crippen LogP contribution in [0.3, 0.4) is 0 Å². The van der Waals surface area contributed by atoms with Crippen LogP contribution in [0.5, 0.6) is 0 Å². The minimum atomic E-state index is -0.202. The minimum absolute atomic E-state index is 0.0498. The van der Waals surface area contributed by atoms with E-state index in [0.29, 0.717) is 23.5 Å². The minimum Gasteiger partial charge on any atom is -0.446 e. The topological polar surface area (TPSA) is 55.4 Å². The molecule has 0 aromatic carbocycles. The summed E-state index contributed by atoms with van der Waals surface area (Å²) in [6.07, 6.45) is 23.5. The van der Waals surface area contributed by atoms with Gasteiger partial charge >= 0.3 is 6.09 Å². The lowest BCUT2D eigenvalue weighted by atomic mass is 9.47. The van der Waals surface area contributed by atoms with Crippen molar-refractivity contribution in [1.82, 2.24) is 5.32 Å². The Hall–Kier alpha value is -1.32. The number of nitrogens with one attached hydrogen (secondary N) is 1. The summed E-state index contributed by atoms with van der Waals surface area (Å²) in [4.78, 5) is 24.7. The first-order valence-electron chi connectivity index (χ1n) is 15.6. The van der Waals surface area contributed by atoms with E-state index in [1.165, 1.54) is 82.6 Å². The molecule has 0 heterocycles. The number of hydrogen-bond donors (Lipinski definition) is 1. The summed E-state index contributed by atoms with van der Waals surface area (Å²) < 4.78 is 6.10. The number of carbonyl (C=O) groups excluding carboxylic acids is 2. The van der Waals surface area contributed by atoms with E-state index >= 15 is 0 Å². The molecule has 4 aliphatic rings. The van der Waals surface area contributed by atoms with E-state index in [-0.39, 0.29) is 23.0 Å². The number of unbranched alkanes of at least 4 members (excludes halogenated alkanes) is 9. The highest BCUT2D eigenvalue weighted by atomic mass is 16.6. The Kier molecular flexibility index (Phi) is 9.61. The van der Waals surface area contributed by atoms with Crippen molar-refractivity contribution in [3.05, 3.63) is 11.6 Å². The summed E-state index contributed by atoms with van der Waals surface area (Å²) in [5.41, 5.74) is 1.75. The van der Waals surface area contributed by atoms with Crippen molar-refractivity contribution >= 4 is 11.9 Å². The van der Waals surface area contributed by atoms with E-state index in [0.717, 1.165) is 45.1 Å². The van der Waals surface area contributed by atoms with Gasteiger partial charge in [-0.1, -0.05) is 84.1 Å². The first kappa shape index (κ1) is 27.7. The number of hydrogen-bond acceptors (Lipinski definition) is 3. The normalized spacial score (nSPS) is 35.4. The molecule has 3 fully saturated rings. The molecule has 4 rings (SSSR count). The number of ether oxygens (including phenoxy) is 1. The van der Waals surface area contributed by atoms with E-state index in [9.17, 15) is 9.59 Å². The molecule has 0 aromatic heterocycles. The molecule has 0 bridgehead atoms. The van der Waals surface area contributed by atoms with E-state index < -0.39 is 0 Å². The van der Waals surface area contributed by atoms with Crippen molar-refractivity contribution in [3.8, 4) is 0 Å². The van der Waals surface area contributed by atoms with Crippen LogP contribution in [-0.2, 0) is 9.53 Å². The molecule has 0 aliphatic heterocycles. The number of amides is 1. The Morgan fingerprint density at radius 1 is 0.889 bits per heavy atom. The van der Waals surface area contributed by atoms with Crippen molar-refractivity contribution in [1.29, 1.82) is 0 Å². The van der Waals surface area contributed by atoms with Crippen molar-refractivity contribution in [2.24, 2.45) is 28.6 Å². The van der Waals surface area contributed by atoms with Gasteiger partial charge in [0.15, 0.2) is 5.78 Å². The summed E-state index contributed by atoms with van der Waals surface area (Å²) in [6, 6.07) is 0. The maximum absolute atomic E-state index is 12.7. The van der Waals surface area contributed by atoms with Gasteiger partial charge in [-0.05, 0) is 80.6 Å². The number of rotatable bonds is 12. The predicted molar refractivity (Wildman–Crippen MR) is 147 cm³/mol. The maximum atomic E-state index is 12.7. The highest BCUT2D eigenvalue weighted by molar-refractivity contribution is 5.91. The van der Waals surface area contributed by atoms with Crippen LogP contribution in [-0.4, -0.2) is 24.5 Å². The van der Waals surface area contributed by atoms with Gasteiger partial charge in [0.2, 0.25) is 0 Å². The zero-order chi connectivity index (χ0) is 25.6. The number of allylic oxidation sites excluding steroid dienone is 1. The second kappa shape index (κ2) is 12.5. The van der Waals surface area contributed by atoms with Gasteiger partial charge in [-0.25, -0.2) is 4.79 Å². The first-order chi connectivity index (χ1) is 17.4. The number of carbonyl (C=O) groups is 2. The van der Waals surface area contributed by atoms with Crippen molar-refractivity contribution in [2.45, 2.75) is 142 Å². The van der Waals surface area contributed by atoms with Gasteiger partial charge in [0.05, 0.1) is 0 Å². The molecule has 36 heavy (non-hydrogen) atoms. The second-order valence-electron chi connectivity index (χ2n) is 13.1. The lowest BCUT2D eigenvalue weighted by Crippen LogP contribution is -2.52. The monoisotopic (exact) mass is 499 g/mol. The zero-order valence-electron chi connectivity index (χ0n) is 23.5. The van der Waals surface area contributed by atoms with Gasteiger partial charge in [0.1, 0.15) is 6.10 Å². The number of ketones is 1. The summed E-state index contributed by atoms with van der Waals surface area (Å²) in [7, 11) is 0. The molecule has 4 nitrogen and oxygen atoms in total. The Balaban J connectivity index is 1.17. The highest BCUT2D eigenvalue weighted by Crippen LogP contribution is 2.65. The van der Waals surface area contributed by atoms with Gasteiger partial charge in [-0.3, -0.25) is 4.79 Å². The fourth-order valence-corrected chi connectivity index (χ4v) is 8.68. The van der Waals surface area contributed by atoms with Crippen molar-refractivity contribution in [3.63, 3.8) is 0 Å². The van der Waals surface area contributed by atoms with Crippen LogP contribution in [0.25, 0.3) is 0 Å². The molecule has 0 aromatic rings. The summed E-state index contributed by atoms with van der Waals surface area (Å²) in [5, 5.41) is 3.05. The van der Waals surface area contributed by atoms with Gasteiger partial charge in [-0.15, -0.1) is 0 Å². The molecule has 204 valence electrons. The largest absolute Gasteiger partial charge is 0.446 e. The van der Waals surface area contributed by atoms with Crippen molar-refractivity contribution < 1.29 is 14.3 Å². The average molecular weight is 500 g/mol. The average Bonchev–Trinajstić information content (AvgIpc) is 3.19. The molecule has 1 amide bonds. The smallest absolute Gasteiger partial charge is 0.407 e. The lowest BCUT2D eigenvalue weighted by Gasteiger charge is -2.57. The molecule has 4 aliphatic carbocycles. The third-order valence-electron chi connectivity index (χ3n) is 10.9. The van der Waals surface area contributed by atoms with Crippen LogP contribution >= 0.6 is 0 Å². The fourth-order valence-electron chi connectivity index (χ4n) is 8.68. The molecular weight excluding hydrogens is 446 g/mol. The van der Waals surface area contributed by atoms with Crippen LogP contribution in [0, 0.1) is 28.6 Å². The lowest BCUT2D eigenvalue weighted by molar-refractivity contribution is -0.118. The summed E-state index contributed by atoms with van der Waals surface area (Å²) in [6.45, 7) is 7.85. The number of fused-ring (bicyclic) bond motifs is 5. The molecule has 0 spiro atoms. The van der Waals surface area contributed by atoms with Crippen LogP contribution in [0.1, 0.15) is 136 Å². The quantitative estimate of drug-likeness (QED) is 0.274. The Morgan fingerprint density at radius 2 is 1.58 bits per heavy atom. The molecule has 1 N–H and O–H groups in total. The van der Waals surface area contributed by atoms with Crippen LogP contribution < -0.4 is 5.32 Å². The SMILES string of the molecule is CCCCCCCCCCCCNC(=O)OC1CCC2C3CCC4=CC(=O)CCC4(C)C3CCC12C. The van der Waals surface area contributed by atoms with Crippen molar-refractivity contribution in [2.75, 3.05) is 6.54 Å². The van der Waals surface area contributed by atoms with Crippen LogP contribution in [0.4, 0.5) is 4.79 Å². The standard InChI is InChI=1S/C32H53NO3/c1-4-5-6-7-8-9-10-11-12-13-22-33-30(35)36-29-17-16-27-26-15-14-24-23-25(34)18-20-31(24,2)28(26)19-21-32(27,29)3/h23,26-29H,4-22H2,1-3H3,(H,33,35). The summed E-state index contributed by atoms with van der Waals surface area (Å²) in [5.74, 6) is 2.38. The molecular formula is C32H53NO3. The highest BCUT2D eigenvalue weighted by Gasteiger charge is 2.60. The summed E-state index contributed by atoms with van der Waals surface area (Å²) >= 11 is 0. The van der Waals surface area contributed by atoms with Gasteiger partial charge in [-0.2, -0.15) is 0 Å². The Bertz CT molecular complexity index is 790. The van der Waals surface area contributed by atoms with E-state index in [1.807, 2.05) is 6.08 Å². The zero-order valence-corrected chi connectivity index (χ0v) is 23.5. The van der Waals surface area contributed by atoms with Gasteiger partial charge in [0.25, 0.3) is 0 Å². The number of alkyl carbamates (subject to hydrolysis) is 1. The van der Waals surface area contributed by atoms with Gasteiger partial charge in [0, 0.05) is 18.4 Å². The molecule has 0 saturated heterocycles. The van der Waals surface area contributed by atoms with E-state index in [4.69, 9.17) is 4.74 Å².